The molecule has 4 nitrogen and oxygen atoms in total. The van der Waals surface area contributed by atoms with E-state index in [0.717, 1.165) is 25.3 Å². The number of ether oxygens (including phenoxy) is 1. The third kappa shape index (κ3) is 2.46. The van der Waals surface area contributed by atoms with Crippen molar-refractivity contribution in [3.8, 4) is 0 Å². The minimum Gasteiger partial charge on any atom is -0.370 e. The second kappa shape index (κ2) is 4.42. The first-order valence-corrected chi connectivity index (χ1v) is 4.40. The first-order valence-electron chi connectivity index (χ1n) is 4.40. The van der Waals surface area contributed by atoms with Gasteiger partial charge in [-0.15, -0.1) is 0 Å². The van der Waals surface area contributed by atoms with Gasteiger partial charge in [0.1, 0.15) is 11.9 Å². The summed E-state index contributed by atoms with van der Waals surface area (Å²) in [5, 5.41) is 0. The quantitative estimate of drug-likeness (QED) is 0.274. The van der Waals surface area contributed by atoms with E-state index in [1.54, 1.807) is 0 Å². The van der Waals surface area contributed by atoms with Crippen LogP contribution in [0.2, 0.25) is 0 Å². The van der Waals surface area contributed by atoms with Crippen LogP contribution in [0.1, 0.15) is 26.7 Å². The minimum absolute atomic E-state index is 0.0948. The molecule has 1 atom stereocenters. The Morgan fingerprint density at radius 2 is 2.42 bits per heavy atom. The predicted molar refractivity (Wildman–Crippen MR) is 48.9 cm³/mol. The fourth-order valence-corrected chi connectivity index (χ4v) is 1.28. The van der Waals surface area contributed by atoms with Crippen LogP contribution in [0, 0.1) is 0 Å². The molecule has 1 aliphatic rings. The molecule has 4 heteroatoms. The third-order valence-corrected chi connectivity index (χ3v) is 1.78. The summed E-state index contributed by atoms with van der Waals surface area (Å²) in [7, 11) is 0. The first-order chi connectivity index (χ1) is 5.74. The van der Waals surface area contributed by atoms with Gasteiger partial charge in [0.05, 0.1) is 0 Å². The Bertz CT molecular complexity index is 162. The fourth-order valence-electron chi connectivity index (χ4n) is 1.28. The van der Waals surface area contributed by atoms with Crippen molar-refractivity contribution in [2.75, 3.05) is 6.61 Å². The van der Waals surface area contributed by atoms with E-state index >= 15 is 0 Å². The zero-order valence-electron chi connectivity index (χ0n) is 7.71. The Hall–Kier alpha value is -0.610. The monoisotopic (exact) mass is 171 g/mol. The lowest BCUT2D eigenvalue weighted by Crippen LogP contribution is -2.39. The topological polar surface area (TPSA) is 59.6 Å². The second-order valence-corrected chi connectivity index (χ2v) is 3.25. The summed E-state index contributed by atoms with van der Waals surface area (Å²) in [5.74, 6) is 6.12. The molecule has 12 heavy (non-hydrogen) atoms. The molecule has 1 heterocycles. The molecule has 1 aliphatic heterocycles. The summed E-state index contributed by atoms with van der Waals surface area (Å²) < 4.78 is 5.43. The van der Waals surface area contributed by atoms with Gasteiger partial charge in [-0.3, -0.25) is 4.99 Å². The number of nitrogens with two attached hydrogens (primary N) is 1. The Kier molecular flexibility index (Phi) is 3.49. The molecule has 1 rings (SSSR count). The van der Waals surface area contributed by atoms with Gasteiger partial charge in [-0.2, -0.15) is 0 Å². The van der Waals surface area contributed by atoms with E-state index < -0.39 is 0 Å². The van der Waals surface area contributed by atoms with Gasteiger partial charge in [0, 0.05) is 12.6 Å². The lowest BCUT2D eigenvalue weighted by molar-refractivity contribution is 0.155. The molecular weight excluding hydrogens is 154 g/mol. The van der Waals surface area contributed by atoms with Crippen LogP contribution in [0.4, 0.5) is 0 Å². The number of hydrogen-bond donors (Lipinski definition) is 2. The van der Waals surface area contributed by atoms with Crippen LogP contribution in [0.25, 0.3) is 0 Å². The molecule has 0 radical (unpaired) electrons. The van der Waals surface area contributed by atoms with Crippen LogP contribution in [0.15, 0.2) is 4.99 Å². The molecule has 1 unspecified atom stereocenters. The van der Waals surface area contributed by atoms with E-state index in [1.165, 1.54) is 0 Å². The molecule has 1 saturated heterocycles. The fraction of sp³-hybridized carbons (Fsp3) is 0.875. The van der Waals surface area contributed by atoms with Crippen LogP contribution in [-0.4, -0.2) is 24.6 Å². The molecule has 70 valence electrons. The highest BCUT2D eigenvalue weighted by Gasteiger charge is 2.20. The Labute approximate surface area is 73.2 Å². The summed E-state index contributed by atoms with van der Waals surface area (Å²) in [4.78, 5) is 4.33. The smallest absolute Gasteiger partial charge is 0.140 e. The van der Waals surface area contributed by atoms with Gasteiger partial charge in [-0.25, -0.2) is 5.84 Å². The van der Waals surface area contributed by atoms with Gasteiger partial charge in [-0.05, 0) is 26.7 Å². The zero-order chi connectivity index (χ0) is 8.97. The van der Waals surface area contributed by atoms with E-state index in [1.807, 2.05) is 13.8 Å². The molecular formula is C8H17N3O. The normalized spacial score (nSPS) is 25.0. The zero-order valence-corrected chi connectivity index (χ0v) is 7.71. The summed E-state index contributed by atoms with van der Waals surface area (Å²) in [6.07, 6.45) is 2.22. The maximum absolute atomic E-state index is 5.43. The van der Waals surface area contributed by atoms with Gasteiger partial charge in [0.15, 0.2) is 0 Å². The Morgan fingerprint density at radius 3 is 2.83 bits per heavy atom. The van der Waals surface area contributed by atoms with Crippen molar-refractivity contribution in [1.29, 1.82) is 0 Å². The number of hydrazine groups is 1. The van der Waals surface area contributed by atoms with Crippen molar-refractivity contribution in [3.63, 3.8) is 0 Å². The summed E-state index contributed by atoms with van der Waals surface area (Å²) >= 11 is 0. The van der Waals surface area contributed by atoms with E-state index in [4.69, 9.17) is 10.6 Å². The van der Waals surface area contributed by atoms with Crippen LogP contribution in [-0.2, 0) is 4.74 Å². The molecule has 0 saturated carbocycles. The van der Waals surface area contributed by atoms with Gasteiger partial charge < -0.3 is 10.2 Å². The highest BCUT2D eigenvalue weighted by Crippen LogP contribution is 2.12. The van der Waals surface area contributed by atoms with Crippen molar-refractivity contribution >= 4 is 5.84 Å². The maximum atomic E-state index is 5.43. The SMILES string of the molecule is CC(C)N=C(NN)C1CCCO1. The second-order valence-electron chi connectivity index (χ2n) is 3.25. The lowest BCUT2D eigenvalue weighted by atomic mass is 10.2. The number of hydrogen-bond acceptors (Lipinski definition) is 3. The number of rotatable bonds is 2. The van der Waals surface area contributed by atoms with Gasteiger partial charge in [-0.1, -0.05) is 0 Å². The van der Waals surface area contributed by atoms with Crippen LogP contribution < -0.4 is 11.3 Å². The van der Waals surface area contributed by atoms with E-state index in [2.05, 4.69) is 10.4 Å². The van der Waals surface area contributed by atoms with Gasteiger partial charge in [0.25, 0.3) is 0 Å². The molecule has 1 fully saturated rings. The first kappa shape index (κ1) is 9.48. The average molecular weight is 171 g/mol. The molecule has 3 N–H and O–H groups in total. The third-order valence-electron chi connectivity index (χ3n) is 1.78. The molecule has 0 aromatic heterocycles. The van der Waals surface area contributed by atoms with Crippen molar-refractivity contribution in [1.82, 2.24) is 5.43 Å². The van der Waals surface area contributed by atoms with Gasteiger partial charge >= 0.3 is 0 Å². The van der Waals surface area contributed by atoms with Gasteiger partial charge in [0.2, 0.25) is 0 Å². The summed E-state index contributed by atoms with van der Waals surface area (Å²) in [5.41, 5.74) is 2.60. The van der Waals surface area contributed by atoms with Crippen molar-refractivity contribution in [3.05, 3.63) is 0 Å². The number of aliphatic imine (C=N–C) groups is 1. The highest BCUT2D eigenvalue weighted by molar-refractivity contribution is 5.86. The van der Waals surface area contributed by atoms with Crippen LogP contribution >= 0.6 is 0 Å². The molecule has 0 bridgehead atoms. The maximum Gasteiger partial charge on any atom is 0.140 e. The average Bonchev–Trinajstić information content (AvgIpc) is 2.51. The largest absolute Gasteiger partial charge is 0.370 e. The molecule has 0 amide bonds. The van der Waals surface area contributed by atoms with Crippen LogP contribution in [0.3, 0.4) is 0 Å². The molecule has 0 spiro atoms. The number of nitrogens with zero attached hydrogens (tertiary/aromatic N) is 1. The Morgan fingerprint density at radius 1 is 1.67 bits per heavy atom. The van der Waals surface area contributed by atoms with Crippen molar-refractivity contribution in [2.45, 2.75) is 38.8 Å². The van der Waals surface area contributed by atoms with Crippen molar-refractivity contribution in [2.24, 2.45) is 10.8 Å². The minimum atomic E-state index is 0.0948. The Balaban J connectivity index is 2.54. The number of nitrogens with one attached hydrogen (secondary N) is 1. The summed E-state index contributed by atoms with van der Waals surface area (Å²) in [6.45, 7) is 4.86. The van der Waals surface area contributed by atoms with Crippen LogP contribution in [0.5, 0.6) is 0 Å². The number of amidine groups is 1. The standard InChI is InChI=1S/C8H17N3O/c1-6(2)10-8(11-9)7-4-3-5-12-7/h6-7H,3-5,9H2,1-2H3,(H,10,11). The summed E-state index contributed by atoms with van der Waals surface area (Å²) in [6, 6.07) is 0.264. The van der Waals surface area contributed by atoms with E-state index in [9.17, 15) is 0 Å². The lowest BCUT2D eigenvalue weighted by Gasteiger charge is -2.13. The van der Waals surface area contributed by atoms with E-state index in [0.29, 0.717) is 0 Å². The van der Waals surface area contributed by atoms with Crippen molar-refractivity contribution < 1.29 is 4.74 Å². The molecule has 0 aliphatic carbocycles. The predicted octanol–water partition coefficient (Wildman–Crippen LogP) is 0.436. The molecule has 0 aromatic carbocycles. The van der Waals surface area contributed by atoms with E-state index in [-0.39, 0.29) is 12.1 Å². The highest BCUT2D eigenvalue weighted by atomic mass is 16.5. The molecule has 0 aromatic rings.